The van der Waals surface area contributed by atoms with Crippen molar-refractivity contribution < 1.29 is 27.1 Å². The topological polar surface area (TPSA) is 64.3 Å². The minimum Gasteiger partial charge on any atom is -0.399 e. The summed E-state index contributed by atoms with van der Waals surface area (Å²) in [5.74, 6) is -4.69. The van der Waals surface area contributed by atoms with Crippen LogP contribution >= 0.6 is 0 Å². The third-order valence-electron chi connectivity index (χ3n) is 2.26. The van der Waals surface area contributed by atoms with Crippen LogP contribution in [0.2, 0.25) is 0 Å². The Morgan fingerprint density at radius 1 is 1.40 bits per heavy atom. The number of amides is 1. The molecule has 0 unspecified atom stereocenters. The van der Waals surface area contributed by atoms with Gasteiger partial charge in [-0.25, -0.2) is 8.78 Å². The number of nitrogen functional groups attached to an aromatic ring is 1. The van der Waals surface area contributed by atoms with Crippen molar-refractivity contribution in [2.75, 3.05) is 24.3 Å². The van der Waals surface area contributed by atoms with Crippen LogP contribution in [0.3, 0.4) is 0 Å². The van der Waals surface area contributed by atoms with Crippen LogP contribution in [0.4, 0.5) is 28.9 Å². The van der Waals surface area contributed by atoms with Gasteiger partial charge in [0.05, 0.1) is 13.0 Å². The molecule has 0 aliphatic heterocycles. The van der Waals surface area contributed by atoms with E-state index < -0.39 is 24.9 Å². The van der Waals surface area contributed by atoms with Crippen LogP contribution in [0.25, 0.3) is 0 Å². The minimum atomic E-state index is -4.20. The van der Waals surface area contributed by atoms with Crippen molar-refractivity contribution >= 4 is 17.3 Å². The maximum absolute atomic E-state index is 12.5. The second kappa shape index (κ2) is 7.09. The van der Waals surface area contributed by atoms with Crippen LogP contribution in [0.5, 0.6) is 0 Å². The van der Waals surface area contributed by atoms with Gasteiger partial charge in [-0.3, -0.25) is 4.79 Å². The minimum absolute atomic E-state index is 0.228. The van der Waals surface area contributed by atoms with Gasteiger partial charge in [-0.05, 0) is 18.2 Å². The average molecular weight is 294 g/mol. The fourth-order valence-corrected chi connectivity index (χ4v) is 1.28. The first-order valence-electron chi connectivity index (χ1n) is 5.70. The molecule has 0 heterocycles. The summed E-state index contributed by atoms with van der Waals surface area (Å²) in [5, 5.41) is 2.47. The third-order valence-corrected chi connectivity index (χ3v) is 2.26. The highest BCUT2D eigenvalue weighted by atomic mass is 19.3. The molecule has 0 aliphatic carbocycles. The van der Waals surface area contributed by atoms with E-state index in [0.29, 0.717) is 11.4 Å². The predicted molar refractivity (Wildman–Crippen MR) is 65.9 cm³/mol. The van der Waals surface area contributed by atoms with Gasteiger partial charge >= 0.3 is 12.3 Å². The molecule has 0 bridgehead atoms. The van der Waals surface area contributed by atoms with Crippen molar-refractivity contribution in [2.45, 2.75) is 18.8 Å². The lowest BCUT2D eigenvalue weighted by molar-refractivity contribution is -0.166. The normalized spacial score (nSPS) is 11.7. The van der Waals surface area contributed by atoms with E-state index in [4.69, 9.17) is 5.73 Å². The molecule has 0 saturated heterocycles. The Kier molecular flexibility index (Phi) is 5.75. The number of carbonyl (C=O) groups is 1. The smallest absolute Gasteiger partial charge is 0.330 e. The van der Waals surface area contributed by atoms with Crippen LogP contribution in [0, 0.1) is 0 Å². The summed E-state index contributed by atoms with van der Waals surface area (Å²) < 4.78 is 52.9. The molecular formula is C12H14F4N2O2. The summed E-state index contributed by atoms with van der Waals surface area (Å²) in [4.78, 5) is 11.4. The molecule has 0 spiro atoms. The first-order chi connectivity index (χ1) is 9.31. The molecule has 1 aromatic rings. The largest absolute Gasteiger partial charge is 0.399 e. The van der Waals surface area contributed by atoms with Gasteiger partial charge in [-0.2, -0.15) is 8.78 Å². The van der Waals surface area contributed by atoms with Gasteiger partial charge in [-0.1, -0.05) is 6.07 Å². The molecule has 1 aromatic carbocycles. The van der Waals surface area contributed by atoms with Crippen molar-refractivity contribution in [1.29, 1.82) is 0 Å². The van der Waals surface area contributed by atoms with Gasteiger partial charge in [0.1, 0.15) is 6.61 Å². The molecule has 1 amide bonds. The zero-order valence-corrected chi connectivity index (χ0v) is 10.4. The maximum atomic E-state index is 12.5. The van der Waals surface area contributed by atoms with Crippen molar-refractivity contribution in [3.8, 4) is 0 Å². The van der Waals surface area contributed by atoms with Gasteiger partial charge in [0, 0.05) is 11.4 Å². The van der Waals surface area contributed by atoms with E-state index in [2.05, 4.69) is 10.1 Å². The summed E-state index contributed by atoms with van der Waals surface area (Å²) >= 11 is 0. The van der Waals surface area contributed by atoms with E-state index in [0.717, 1.165) is 0 Å². The molecule has 0 aliphatic rings. The Hall–Kier alpha value is -1.83. The molecular weight excluding hydrogens is 280 g/mol. The number of benzene rings is 1. The van der Waals surface area contributed by atoms with Crippen molar-refractivity contribution in [3.63, 3.8) is 0 Å². The molecule has 4 nitrogen and oxygen atoms in total. The van der Waals surface area contributed by atoms with Crippen LogP contribution in [0.15, 0.2) is 24.3 Å². The number of alkyl halides is 4. The average Bonchev–Trinajstić information content (AvgIpc) is 2.34. The summed E-state index contributed by atoms with van der Waals surface area (Å²) in [6, 6.07) is 6.37. The molecule has 0 radical (unpaired) electrons. The van der Waals surface area contributed by atoms with Gasteiger partial charge in [0.2, 0.25) is 5.91 Å². The maximum Gasteiger partial charge on any atom is 0.330 e. The lowest BCUT2D eigenvalue weighted by atomic mass is 10.3. The number of carbonyl (C=O) groups excluding carboxylic acids is 1. The van der Waals surface area contributed by atoms with Crippen molar-refractivity contribution in [3.05, 3.63) is 24.3 Å². The molecule has 0 saturated carbocycles. The number of nitrogens with two attached hydrogens (primary N) is 1. The quantitative estimate of drug-likeness (QED) is 0.461. The molecule has 1 rings (SSSR count). The SMILES string of the molecule is Nc1cccc(NC(=O)CCOCC(F)(F)C(F)F)c1. The zero-order chi connectivity index (χ0) is 15.2. The molecule has 3 N–H and O–H groups in total. The predicted octanol–water partition coefficient (Wildman–Crippen LogP) is 2.51. The highest BCUT2D eigenvalue weighted by Gasteiger charge is 2.40. The number of anilines is 2. The summed E-state index contributed by atoms with van der Waals surface area (Å²) in [6.07, 6.45) is -4.02. The first kappa shape index (κ1) is 16.2. The van der Waals surface area contributed by atoms with Crippen molar-refractivity contribution in [2.24, 2.45) is 0 Å². The molecule has 8 heteroatoms. The van der Waals surface area contributed by atoms with E-state index in [-0.39, 0.29) is 13.0 Å². The molecule has 20 heavy (non-hydrogen) atoms. The highest BCUT2D eigenvalue weighted by molar-refractivity contribution is 5.91. The fraction of sp³-hybridized carbons (Fsp3) is 0.417. The molecule has 0 fully saturated rings. The Balaban J connectivity index is 2.27. The van der Waals surface area contributed by atoms with Crippen LogP contribution < -0.4 is 11.1 Å². The second-order valence-electron chi connectivity index (χ2n) is 4.04. The number of halogens is 4. The number of ether oxygens (including phenoxy) is 1. The summed E-state index contributed by atoms with van der Waals surface area (Å²) in [6.45, 7) is -1.80. The van der Waals surface area contributed by atoms with Crippen LogP contribution in [-0.4, -0.2) is 31.5 Å². The second-order valence-corrected chi connectivity index (χ2v) is 4.04. The number of nitrogens with one attached hydrogen (secondary N) is 1. The standard InChI is InChI=1S/C12H14F4N2O2/c13-11(14)12(15,16)7-20-5-4-10(19)18-9-3-1-2-8(17)6-9/h1-3,6,11H,4-5,7,17H2,(H,18,19). The van der Waals surface area contributed by atoms with Crippen LogP contribution in [-0.2, 0) is 9.53 Å². The molecule has 0 aromatic heterocycles. The Morgan fingerprint density at radius 3 is 2.70 bits per heavy atom. The lowest BCUT2D eigenvalue weighted by Crippen LogP contribution is -2.32. The monoisotopic (exact) mass is 294 g/mol. The van der Waals surface area contributed by atoms with E-state index in [1.165, 1.54) is 6.07 Å². The highest BCUT2D eigenvalue weighted by Crippen LogP contribution is 2.22. The molecule has 0 atom stereocenters. The Bertz CT molecular complexity index is 455. The Labute approximate surface area is 112 Å². The van der Waals surface area contributed by atoms with Crippen molar-refractivity contribution in [1.82, 2.24) is 0 Å². The third kappa shape index (κ3) is 5.43. The first-order valence-corrected chi connectivity index (χ1v) is 5.70. The van der Waals surface area contributed by atoms with Crippen LogP contribution in [0.1, 0.15) is 6.42 Å². The lowest BCUT2D eigenvalue weighted by Gasteiger charge is -2.15. The summed E-state index contributed by atoms with van der Waals surface area (Å²) in [5.41, 5.74) is 6.41. The van der Waals surface area contributed by atoms with Gasteiger partial charge < -0.3 is 15.8 Å². The van der Waals surface area contributed by atoms with E-state index in [9.17, 15) is 22.4 Å². The van der Waals surface area contributed by atoms with E-state index in [1.807, 2.05) is 0 Å². The zero-order valence-electron chi connectivity index (χ0n) is 10.4. The fourth-order valence-electron chi connectivity index (χ4n) is 1.28. The Morgan fingerprint density at radius 2 is 2.10 bits per heavy atom. The van der Waals surface area contributed by atoms with Gasteiger partial charge in [-0.15, -0.1) is 0 Å². The number of hydrogen-bond donors (Lipinski definition) is 2. The number of hydrogen-bond acceptors (Lipinski definition) is 3. The van der Waals surface area contributed by atoms with Gasteiger partial charge in [0.25, 0.3) is 0 Å². The van der Waals surface area contributed by atoms with Gasteiger partial charge in [0.15, 0.2) is 0 Å². The number of rotatable bonds is 7. The van der Waals surface area contributed by atoms with E-state index in [1.54, 1.807) is 18.2 Å². The molecule has 112 valence electrons. The van der Waals surface area contributed by atoms with E-state index >= 15 is 0 Å². The summed E-state index contributed by atoms with van der Waals surface area (Å²) in [7, 11) is 0.